The summed E-state index contributed by atoms with van der Waals surface area (Å²) < 4.78 is 56.8. The molecule has 1 fully saturated rings. The highest BCUT2D eigenvalue weighted by atomic mass is 19.4. The molecule has 0 radical (unpaired) electrons. The number of dihydropyridines is 1. The molecule has 4 rings (SSSR count). The van der Waals surface area contributed by atoms with Crippen LogP contribution in [-0.2, 0) is 9.59 Å². The van der Waals surface area contributed by atoms with Gasteiger partial charge in [-0.25, -0.2) is 9.38 Å². The summed E-state index contributed by atoms with van der Waals surface area (Å²) in [5, 5.41) is 2.64. The number of hydrogen-bond donors (Lipinski definition) is 1. The topological polar surface area (TPSA) is 68.2 Å². The lowest BCUT2D eigenvalue weighted by Gasteiger charge is -2.44. The highest BCUT2D eigenvalue weighted by Gasteiger charge is 2.43. The molecule has 0 spiro atoms. The molecular weight excluding hydrogens is 526 g/mol. The minimum Gasteiger partial charge on any atom is -0.367 e. The molecule has 3 aliphatic heterocycles. The van der Waals surface area contributed by atoms with E-state index in [9.17, 15) is 22.8 Å². The van der Waals surface area contributed by atoms with Crippen LogP contribution >= 0.6 is 0 Å². The Kier molecular flexibility index (Phi) is 8.84. The maximum Gasteiger partial charge on any atom is 0.414 e. The highest BCUT2D eigenvalue weighted by molar-refractivity contribution is 6.11. The third kappa shape index (κ3) is 6.63. The third-order valence-corrected chi connectivity index (χ3v) is 7.88. The fourth-order valence-corrected chi connectivity index (χ4v) is 5.58. The van der Waals surface area contributed by atoms with Crippen LogP contribution in [0.2, 0.25) is 0 Å². The molecule has 7 nitrogen and oxygen atoms in total. The zero-order chi connectivity index (χ0) is 29.4. The summed E-state index contributed by atoms with van der Waals surface area (Å²) in [4.78, 5) is 34.7. The maximum absolute atomic E-state index is 15.7. The minimum absolute atomic E-state index is 0.124. The van der Waals surface area contributed by atoms with Crippen molar-refractivity contribution in [2.24, 2.45) is 16.8 Å². The van der Waals surface area contributed by atoms with Gasteiger partial charge in [0, 0.05) is 62.7 Å². The number of nitrogens with zero attached hydrogens (tertiary/aromatic N) is 4. The van der Waals surface area contributed by atoms with Gasteiger partial charge < -0.3 is 10.2 Å². The molecule has 2 amide bonds. The second-order valence-electron chi connectivity index (χ2n) is 11.4. The van der Waals surface area contributed by atoms with Crippen LogP contribution in [0.25, 0.3) is 5.57 Å². The zero-order valence-corrected chi connectivity index (χ0v) is 23.6. The van der Waals surface area contributed by atoms with Crippen LogP contribution in [0.15, 0.2) is 34.9 Å². The Balaban J connectivity index is 1.71. The molecule has 3 atom stereocenters. The number of halogens is 4. The predicted octanol–water partition coefficient (Wildman–Crippen LogP) is 4.75. The van der Waals surface area contributed by atoms with Gasteiger partial charge in [-0.05, 0) is 50.9 Å². The molecule has 0 saturated carbocycles. The van der Waals surface area contributed by atoms with Crippen LogP contribution < -0.4 is 10.2 Å². The van der Waals surface area contributed by atoms with Crippen molar-refractivity contribution in [3.63, 3.8) is 0 Å². The van der Waals surface area contributed by atoms with Crippen LogP contribution in [0, 0.1) is 17.7 Å². The second-order valence-corrected chi connectivity index (χ2v) is 11.4. The minimum atomic E-state index is -4.89. The number of rotatable bonds is 6. The number of aliphatic imine (C=N–C) groups is 1. The van der Waals surface area contributed by atoms with Gasteiger partial charge >= 0.3 is 6.18 Å². The molecule has 11 heteroatoms. The predicted molar refractivity (Wildman–Crippen MR) is 149 cm³/mol. The fourth-order valence-electron chi connectivity index (χ4n) is 5.58. The average Bonchev–Trinajstić information content (AvgIpc) is 2.87. The highest BCUT2D eigenvalue weighted by Crippen LogP contribution is 2.38. The number of alkyl halides is 3. The standard InChI is InChI=1S/C29H37F4N5O2/c1-17(2)14-37-8-6-20(7-9-37)21-10-25(26(12-24(21)30)38-15-18(3)36(5)19(4)16-38)35-28(40)22-13-34-27(39)11-23(22)29(31,32)33/h6,10-13,17-19,22H,7-9,14-16H2,1-5H3,(H,35,40)/t18-,19+,22?. The number of nitrogens with one attached hydrogen (secondary N) is 1. The third-order valence-electron chi connectivity index (χ3n) is 7.88. The van der Waals surface area contributed by atoms with E-state index in [1.54, 1.807) is 0 Å². The lowest BCUT2D eigenvalue weighted by Crippen LogP contribution is -2.55. The first-order chi connectivity index (χ1) is 18.7. The summed E-state index contributed by atoms with van der Waals surface area (Å²) in [6.45, 7) is 11.8. The van der Waals surface area contributed by atoms with Gasteiger partial charge in [-0.1, -0.05) is 19.9 Å². The van der Waals surface area contributed by atoms with Gasteiger partial charge in [0.1, 0.15) is 11.7 Å². The van der Waals surface area contributed by atoms with E-state index in [0.717, 1.165) is 24.9 Å². The lowest BCUT2D eigenvalue weighted by atomic mass is 9.94. The van der Waals surface area contributed by atoms with Gasteiger partial charge in [-0.15, -0.1) is 0 Å². The Hall–Kier alpha value is -3.05. The summed E-state index contributed by atoms with van der Waals surface area (Å²) in [6.07, 6.45) is -1.24. The molecule has 3 heterocycles. The Labute approximate surface area is 232 Å². The van der Waals surface area contributed by atoms with Crippen molar-refractivity contribution in [1.82, 2.24) is 9.80 Å². The molecule has 0 aromatic heterocycles. The van der Waals surface area contributed by atoms with Crippen molar-refractivity contribution in [1.29, 1.82) is 0 Å². The number of carbonyl (C=O) groups excluding carboxylic acids is 2. The number of hydrogen-bond acceptors (Lipinski definition) is 5. The summed E-state index contributed by atoms with van der Waals surface area (Å²) in [5.41, 5.74) is 0.456. The zero-order valence-electron chi connectivity index (χ0n) is 23.6. The monoisotopic (exact) mass is 563 g/mol. The van der Waals surface area contributed by atoms with Crippen LogP contribution in [0.5, 0.6) is 0 Å². The molecular formula is C29H37F4N5O2. The van der Waals surface area contributed by atoms with Crippen molar-refractivity contribution in [3.05, 3.63) is 41.2 Å². The number of anilines is 2. The first-order valence-electron chi connectivity index (χ1n) is 13.6. The maximum atomic E-state index is 15.7. The van der Waals surface area contributed by atoms with Crippen molar-refractivity contribution < 1.29 is 27.2 Å². The molecule has 1 aromatic rings. The largest absolute Gasteiger partial charge is 0.414 e. The number of piperazine rings is 1. The van der Waals surface area contributed by atoms with Crippen molar-refractivity contribution >= 4 is 35.0 Å². The van der Waals surface area contributed by atoms with Crippen LogP contribution in [0.1, 0.15) is 39.7 Å². The van der Waals surface area contributed by atoms with Gasteiger partial charge in [0.2, 0.25) is 5.91 Å². The van der Waals surface area contributed by atoms with Gasteiger partial charge in [0.15, 0.2) is 0 Å². The van der Waals surface area contributed by atoms with E-state index < -0.39 is 35.3 Å². The van der Waals surface area contributed by atoms with Crippen molar-refractivity contribution in [3.8, 4) is 0 Å². The average molecular weight is 564 g/mol. The molecule has 1 unspecified atom stereocenters. The van der Waals surface area contributed by atoms with E-state index in [1.165, 1.54) is 12.1 Å². The van der Waals surface area contributed by atoms with E-state index in [2.05, 4.69) is 34.0 Å². The van der Waals surface area contributed by atoms with Crippen LogP contribution in [0.3, 0.4) is 0 Å². The molecule has 218 valence electrons. The Morgan fingerprint density at radius 2 is 1.85 bits per heavy atom. The molecule has 3 aliphatic rings. The van der Waals surface area contributed by atoms with E-state index in [0.29, 0.717) is 49.3 Å². The van der Waals surface area contributed by atoms with E-state index in [1.807, 2.05) is 31.9 Å². The van der Waals surface area contributed by atoms with Crippen molar-refractivity contribution in [2.45, 2.75) is 52.4 Å². The molecule has 1 aromatic carbocycles. The van der Waals surface area contributed by atoms with Gasteiger partial charge in [0.25, 0.3) is 5.91 Å². The normalized spacial score (nSPS) is 24.8. The van der Waals surface area contributed by atoms with Gasteiger partial charge in [0.05, 0.1) is 16.9 Å². The Morgan fingerprint density at radius 1 is 1.18 bits per heavy atom. The van der Waals surface area contributed by atoms with Crippen molar-refractivity contribution in [2.75, 3.05) is 50.0 Å². The molecule has 40 heavy (non-hydrogen) atoms. The fraction of sp³-hybridized carbons (Fsp3) is 0.552. The van der Waals surface area contributed by atoms with Gasteiger partial charge in [-0.2, -0.15) is 13.2 Å². The molecule has 0 bridgehead atoms. The number of benzene rings is 1. The number of likely N-dealkylation sites (N-methyl/N-ethyl adjacent to an activating group) is 1. The molecule has 1 N–H and O–H groups in total. The number of carbonyl (C=O) groups is 2. The van der Waals surface area contributed by atoms with Gasteiger partial charge in [-0.3, -0.25) is 19.4 Å². The first-order valence-corrected chi connectivity index (χ1v) is 13.6. The Morgan fingerprint density at radius 3 is 2.42 bits per heavy atom. The van der Waals surface area contributed by atoms with Crippen LogP contribution in [0.4, 0.5) is 28.9 Å². The molecule has 1 saturated heterocycles. The summed E-state index contributed by atoms with van der Waals surface area (Å²) in [6, 6.07) is 3.15. The van der Waals surface area contributed by atoms with E-state index in [4.69, 9.17) is 0 Å². The summed E-state index contributed by atoms with van der Waals surface area (Å²) >= 11 is 0. The molecule has 0 aliphatic carbocycles. The second kappa shape index (κ2) is 11.8. The van der Waals surface area contributed by atoms with E-state index in [-0.39, 0.29) is 17.8 Å². The quantitative estimate of drug-likeness (QED) is 0.506. The van der Waals surface area contributed by atoms with E-state index >= 15 is 4.39 Å². The first kappa shape index (κ1) is 29.9. The summed E-state index contributed by atoms with van der Waals surface area (Å²) in [5.74, 6) is -3.82. The Bertz CT molecular complexity index is 1230. The van der Waals surface area contributed by atoms with Crippen LogP contribution in [-0.4, -0.2) is 85.9 Å². The smallest absolute Gasteiger partial charge is 0.367 e. The SMILES string of the molecule is CC(C)CN1CC=C(c2cc(NC(=O)C3C=NC(=O)C=C3C(F)(F)F)c(N3C[C@@H](C)N(C)[C@@H](C)C3)cc2F)CC1. The summed E-state index contributed by atoms with van der Waals surface area (Å²) in [7, 11) is 2.01. The lowest BCUT2D eigenvalue weighted by molar-refractivity contribution is -0.124. The number of amides is 2.